The van der Waals surface area contributed by atoms with E-state index in [-0.39, 0.29) is 0 Å². The molecule has 0 spiro atoms. The van der Waals surface area contributed by atoms with Gasteiger partial charge in [-0.2, -0.15) is 0 Å². The predicted molar refractivity (Wildman–Crippen MR) is 93.9 cm³/mol. The molecule has 2 rings (SSSR count). The summed E-state index contributed by atoms with van der Waals surface area (Å²) in [6.07, 6.45) is 0. The maximum Gasteiger partial charge on any atom is 0.124 e. The minimum Gasteiger partial charge on any atom is -0.497 e. The minimum absolute atomic E-state index is 0.572. The van der Waals surface area contributed by atoms with Gasteiger partial charge in [-0.15, -0.1) is 0 Å². The Morgan fingerprint density at radius 3 is 2.52 bits per heavy atom. The van der Waals surface area contributed by atoms with Crippen LogP contribution in [0.25, 0.3) is 0 Å². The molecule has 2 aromatic rings. The summed E-state index contributed by atoms with van der Waals surface area (Å²) in [7, 11) is 1.68. The van der Waals surface area contributed by atoms with Gasteiger partial charge in [-0.1, -0.05) is 19.1 Å². The molecule has 112 valence electrons. The topological polar surface area (TPSA) is 30.5 Å². The Hall–Kier alpha value is -1.27. The number of benzene rings is 2. The first-order chi connectivity index (χ1) is 10.2. The SMILES string of the molecule is CCNCc1cc(OC)ccc1OCc1ccc(I)cc1. The van der Waals surface area contributed by atoms with E-state index in [1.54, 1.807) is 7.11 Å². The highest BCUT2D eigenvalue weighted by Crippen LogP contribution is 2.25. The van der Waals surface area contributed by atoms with E-state index in [2.05, 4.69) is 59.1 Å². The fraction of sp³-hybridized carbons (Fsp3) is 0.294. The molecular formula is C17H20INO2. The van der Waals surface area contributed by atoms with E-state index in [4.69, 9.17) is 9.47 Å². The zero-order valence-electron chi connectivity index (χ0n) is 12.4. The Labute approximate surface area is 139 Å². The molecule has 0 heterocycles. The van der Waals surface area contributed by atoms with E-state index in [9.17, 15) is 0 Å². The molecule has 2 aromatic carbocycles. The van der Waals surface area contributed by atoms with Crippen molar-refractivity contribution >= 4 is 22.6 Å². The highest BCUT2D eigenvalue weighted by Gasteiger charge is 2.06. The number of nitrogens with one attached hydrogen (secondary N) is 1. The molecule has 0 bridgehead atoms. The Balaban J connectivity index is 2.08. The zero-order valence-corrected chi connectivity index (χ0v) is 14.5. The monoisotopic (exact) mass is 397 g/mol. The van der Waals surface area contributed by atoms with Gasteiger partial charge in [0.15, 0.2) is 0 Å². The zero-order chi connectivity index (χ0) is 15.1. The van der Waals surface area contributed by atoms with Crippen molar-refractivity contribution in [1.82, 2.24) is 5.32 Å². The summed E-state index contributed by atoms with van der Waals surface area (Å²) in [4.78, 5) is 0. The number of hydrogen-bond donors (Lipinski definition) is 1. The maximum absolute atomic E-state index is 5.96. The van der Waals surface area contributed by atoms with Crippen LogP contribution in [-0.2, 0) is 13.2 Å². The maximum atomic E-state index is 5.96. The largest absolute Gasteiger partial charge is 0.497 e. The molecular weight excluding hydrogens is 377 g/mol. The quantitative estimate of drug-likeness (QED) is 0.717. The molecule has 0 amide bonds. The Morgan fingerprint density at radius 1 is 1.10 bits per heavy atom. The van der Waals surface area contributed by atoms with Crippen LogP contribution in [0.4, 0.5) is 0 Å². The molecule has 0 aliphatic carbocycles. The fourth-order valence-corrected chi connectivity index (χ4v) is 2.32. The van der Waals surface area contributed by atoms with Gasteiger partial charge >= 0.3 is 0 Å². The molecule has 0 aliphatic heterocycles. The first-order valence-electron chi connectivity index (χ1n) is 6.97. The van der Waals surface area contributed by atoms with Crippen molar-refractivity contribution in [3.05, 3.63) is 57.2 Å². The van der Waals surface area contributed by atoms with Gasteiger partial charge in [-0.25, -0.2) is 0 Å². The van der Waals surface area contributed by atoms with Crippen molar-refractivity contribution in [2.75, 3.05) is 13.7 Å². The van der Waals surface area contributed by atoms with Crippen LogP contribution in [0.5, 0.6) is 11.5 Å². The molecule has 0 unspecified atom stereocenters. The molecule has 3 nitrogen and oxygen atoms in total. The molecule has 0 saturated heterocycles. The van der Waals surface area contributed by atoms with Crippen molar-refractivity contribution in [2.24, 2.45) is 0 Å². The van der Waals surface area contributed by atoms with Crippen LogP contribution < -0.4 is 14.8 Å². The van der Waals surface area contributed by atoms with Crippen LogP contribution in [0, 0.1) is 3.57 Å². The highest BCUT2D eigenvalue weighted by atomic mass is 127. The fourth-order valence-electron chi connectivity index (χ4n) is 1.96. The van der Waals surface area contributed by atoms with Gasteiger partial charge in [0.1, 0.15) is 18.1 Å². The number of rotatable bonds is 7. The minimum atomic E-state index is 0.572. The number of halogens is 1. The lowest BCUT2D eigenvalue weighted by Crippen LogP contribution is -2.13. The summed E-state index contributed by atoms with van der Waals surface area (Å²) in [5.74, 6) is 1.75. The second-order valence-corrected chi connectivity index (χ2v) is 5.91. The summed E-state index contributed by atoms with van der Waals surface area (Å²) in [6.45, 7) is 4.36. The van der Waals surface area contributed by atoms with E-state index in [0.717, 1.165) is 30.2 Å². The average molecular weight is 397 g/mol. The second kappa shape index (κ2) is 8.24. The Bertz CT molecular complexity index is 570. The van der Waals surface area contributed by atoms with Crippen molar-refractivity contribution in [2.45, 2.75) is 20.1 Å². The molecule has 0 fully saturated rings. The molecule has 0 radical (unpaired) electrons. The molecule has 0 saturated carbocycles. The van der Waals surface area contributed by atoms with Crippen LogP contribution in [0.15, 0.2) is 42.5 Å². The molecule has 0 aromatic heterocycles. The first kappa shape index (κ1) is 16.1. The molecule has 4 heteroatoms. The Kier molecular flexibility index (Phi) is 6.32. The third kappa shape index (κ3) is 4.89. The summed E-state index contributed by atoms with van der Waals surface area (Å²) in [5, 5.41) is 3.33. The lowest BCUT2D eigenvalue weighted by atomic mass is 10.2. The normalized spacial score (nSPS) is 10.4. The second-order valence-electron chi connectivity index (χ2n) is 4.67. The Morgan fingerprint density at radius 2 is 1.86 bits per heavy atom. The van der Waals surface area contributed by atoms with E-state index >= 15 is 0 Å². The van der Waals surface area contributed by atoms with Gasteiger partial charge in [0, 0.05) is 15.7 Å². The van der Waals surface area contributed by atoms with Gasteiger partial charge in [0.05, 0.1) is 7.11 Å². The molecule has 0 aliphatic rings. The van der Waals surface area contributed by atoms with E-state index in [1.165, 1.54) is 9.13 Å². The van der Waals surface area contributed by atoms with Crippen molar-refractivity contribution < 1.29 is 9.47 Å². The van der Waals surface area contributed by atoms with E-state index in [1.807, 2.05) is 18.2 Å². The van der Waals surface area contributed by atoms with Crippen LogP contribution in [0.1, 0.15) is 18.1 Å². The highest BCUT2D eigenvalue weighted by molar-refractivity contribution is 14.1. The smallest absolute Gasteiger partial charge is 0.124 e. The standard InChI is InChI=1S/C17H20INO2/c1-3-19-11-14-10-16(20-2)8-9-17(14)21-12-13-4-6-15(18)7-5-13/h4-10,19H,3,11-12H2,1-2H3. The number of ether oxygens (including phenoxy) is 2. The average Bonchev–Trinajstić information content (AvgIpc) is 2.52. The van der Waals surface area contributed by atoms with Gasteiger partial charge in [0.25, 0.3) is 0 Å². The lowest BCUT2D eigenvalue weighted by Gasteiger charge is -2.13. The predicted octanol–water partition coefficient (Wildman–Crippen LogP) is 3.99. The third-order valence-corrected chi connectivity index (χ3v) is 3.86. The van der Waals surface area contributed by atoms with Crippen LogP contribution in [-0.4, -0.2) is 13.7 Å². The van der Waals surface area contributed by atoms with Gasteiger partial charge in [-0.3, -0.25) is 0 Å². The number of hydrogen-bond acceptors (Lipinski definition) is 3. The van der Waals surface area contributed by atoms with Gasteiger partial charge in [-0.05, 0) is 65.0 Å². The van der Waals surface area contributed by atoms with Gasteiger partial charge < -0.3 is 14.8 Å². The summed E-state index contributed by atoms with van der Waals surface area (Å²) >= 11 is 2.30. The third-order valence-electron chi connectivity index (χ3n) is 3.14. The van der Waals surface area contributed by atoms with Crippen molar-refractivity contribution in [1.29, 1.82) is 0 Å². The van der Waals surface area contributed by atoms with Crippen LogP contribution in [0.2, 0.25) is 0 Å². The van der Waals surface area contributed by atoms with E-state index < -0.39 is 0 Å². The van der Waals surface area contributed by atoms with Crippen LogP contribution in [0.3, 0.4) is 0 Å². The summed E-state index contributed by atoms with van der Waals surface area (Å²) in [6, 6.07) is 14.3. The molecule has 21 heavy (non-hydrogen) atoms. The van der Waals surface area contributed by atoms with Gasteiger partial charge in [0.2, 0.25) is 0 Å². The number of methoxy groups -OCH3 is 1. The van der Waals surface area contributed by atoms with Crippen LogP contribution >= 0.6 is 22.6 Å². The molecule has 0 atom stereocenters. The van der Waals surface area contributed by atoms with Crippen molar-refractivity contribution in [3.63, 3.8) is 0 Å². The first-order valence-corrected chi connectivity index (χ1v) is 8.05. The summed E-state index contributed by atoms with van der Waals surface area (Å²) < 4.78 is 12.5. The lowest BCUT2D eigenvalue weighted by molar-refractivity contribution is 0.301. The molecule has 1 N–H and O–H groups in total. The summed E-state index contributed by atoms with van der Waals surface area (Å²) in [5.41, 5.74) is 2.28. The van der Waals surface area contributed by atoms with Crippen molar-refractivity contribution in [3.8, 4) is 11.5 Å². The van der Waals surface area contributed by atoms with E-state index in [0.29, 0.717) is 6.61 Å².